The monoisotopic (exact) mass is 528 g/mol. The number of pyridine rings is 1. The topological polar surface area (TPSA) is 164 Å². The number of nitrogens with one attached hydrogen (secondary N) is 1. The molecular weight excluding hydrogens is 508 g/mol. The van der Waals surface area contributed by atoms with Gasteiger partial charge in [0.15, 0.2) is 0 Å². The van der Waals surface area contributed by atoms with Crippen LogP contribution in [-0.2, 0) is 0 Å². The molecule has 0 saturated carbocycles. The number of thiol groups is 1. The van der Waals surface area contributed by atoms with Crippen molar-refractivity contribution < 1.29 is 9.66 Å². The summed E-state index contributed by atoms with van der Waals surface area (Å²) in [5, 5.41) is 13.8. The van der Waals surface area contributed by atoms with Crippen molar-refractivity contribution in [2.45, 2.75) is 5.37 Å². The Balaban J connectivity index is 1.74. The van der Waals surface area contributed by atoms with Gasteiger partial charge in [-0.2, -0.15) is 4.98 Å². The van der Waals surface area contributed by atoms with E-state index in [0.29, 0.717) is 28.0 Å². The Labute approximate surface area is 220 Å². The first-order chi connectivity index (χ1) is 18.4. The quantitative estimate of drug-likeness (QED) is 0.123. The van der Waals surface area contributed by atoms with Crippen LogP contribution in [0, 0.1) is 10.1 Å². The maximum absolute atomic E-state index is 14.1. The Morgan fingerprint density at radius 3 is 2.63 bits per heavy atom. The second kappa shape index (κ2) is 10.1. The molecule has 13 heteroatoms. The molecule has 0 aliphatic rings. The summed E-state index contributed by atoms with van der Waals surface area (Å²) >= 11 is 4.61. The second-order valence-electron chi connectivity index (χ2n) is 8.00. The maximum Gasteiger partial charge on any atom is 0.329 e. The van der Waals surface area contributed by atoms with Gasteiger partial charge in [-0.15, -0.1) is 12.6 Å². The van der Waals surface area contributed by atoms with Crippen LogP contribution >= 0.6 is 12.6 Å². The molecule has 3 heterocycles. The van der Waals surface area contributed by atoms with E-state index in [2.05, 4.69) is 32.9 Å². The first-order valence-corrected chi connectivity index (χ1v) is 11.7. The van der Waals surface area contributed by atoms with E-state index in [1.807, 2.05) is 12.1 Å². The zero-order chi connectivity index (χ0) is 26.8. The minimum absolute atomic E-state index is 0.158. The van der Waals surface area contributed by atoms with Crippen molar-refractivity contribution in [2.24, 2.45) is 0 Å². The highest BCUT2D eigenvalue weighted by Crippen LogP contribution is 2.31. The van der Waals surface area contributed by atoms with E-state index in [-0.39, 0.29) is 23.1 Å². The maximum atomic E-state index is 14.1. The number of para-hydroxylation sites is 1. The Bertz CT molecular complexity index is 1730. The van der Waals surface area contributed by atoms with E-state index in [1.54, 1.807) is 54.7 Å². The van der Waals surface area contributed by atoms with E-state index in [4.69, 9.17) is 15.5 Å². The standard InChI is InChI=1S/C25H20N8O4S/c1-37-19-12-14(10-11-27-19)16-8-5-9-17-20(16)24(34)32(15-6-3-2-4-7-15)22(29-17)23(38)30-21-18(33(35)36)13-28-25(26)31-21/h2-13,23,38H,1H3,(H3,26,28,30,31). The number of nitrogens with zero attached hydrogens (tertiary/aromatic N) is 6. The molecule has 0 amide bonds. The van der Waals surface area contributed by atoms with Crippen molar-refractivity contribution in [3.05, 3.63) is 99.3 Å². The van der Waals surface area contributed by atoms with Gasteiger partial charge in [0.2, 0.25) is 17.6 Å². The molecule has 0 spiro atoms. The normalized spacial score (nSPS) is 11.7. The molecule has 0 bridgehead atoms. The van der Waals surface area contributed by atoms with E-state index in [9.17, 15) is 14.9 Å². The number of nitrogen functional groups attached to an aromatic ring is 1. The number of benzene rings is 2. The predicted octanol–water partition coefficient (Wildman–Crippen LogP) is 3.78. The summed E-state index contributed by atoms with van der Waals surface area (Å²) in [7, 11) is 1.51. The summed E-state index contributed by atoms with van der Waals surface area (Å²) in [6, 6.07) is 17.7. The highest BCUT2D eigenvalue weighted by atomic mass is 32.1. The van der Waals surface area contributed by atoms with Crippen LogP contribution in [0.15, 0.2) is 77.9 Å². The van der Waals surface area contributed by atoms with Crippen LogP contribution < -0.4 is 21.3 Å². The number of hydrogen-bond acceptors (Lipinski definition) is 11. The Kier molecular flexibility index (Phi) is 6.58. The van der Waals surface area contributed by atoms with E-state index < -0.39 is 16.0 Å². The third-order valence-corrected chi connectivity index (χ3v) is 6.06. The molecule has 12 nitrogen and oxygen atoms in total. The van der Waals surface area contributed by atoms with Crippen molar-refractivity contribution in [3.63, 3.8) is 0 Å². The lowest BCUT2D eigenvalue weighted by atomic mass is 10.0. The highest BCUT2D eigenvalue weighted by Gasteiger charge is 2.24. The molecule has 2 aromatic carbocycles. The van der Waals surface area contributed by atoms with Gasteiger partial charge in [0, 0.05) is 12.3 Å². The second-order valence-corrected chi connectivity index (χ2v) is 8.52. The minimum Gasteiger partial charge on any atom is -0.481 e. The number of methoxy groups -OCH3 is 1. The van der Waals surface area contributed by atoms with Crippen molar-refractivity contribution in [2.75, 3.05) is 18.2 Å². The van der Waals surface area contributed by atoms with Crippen LogP contribution in [0.4, 0.5) is 17.5 Å². The van der Waals surface area contributed by atoms with Gasteiger partial charge in [-0.3, -0.25) is 19.5 Å². The average molecular weight is 529 g/mol. The lowest BCUT2D eigenvalue weighted by Crippen LogP contribution is -2.27. The first-order valence-electron chi connectivity index (χ1n) is 11.2. The predicted molar refractivity (Wildman–Crippen MR) is 146 cm³/mol. The van der Waals surface area contributed by atoms with Crippen LogP contribution in [0.5, 0.6) is 5.88 Å². The third kappa shape index (κ3) is 4.57. The van der Waals surface area contributed by atoms with Gasteiger partial charge in [-0.1, -0.05) is 30.3 Å². The number of ether oxygens (including phenoxy) is 1. The summed E-state index contributed by atoms with van der Waals surface area (Å²) < 4.78 is 6.67. The zero-order valence-corrected chi connectivity index (χ0v) is 20.7. The van der Waals surface area contributed by atoms with Crippen molar-refractivity contribution in [1.29, 1.82) is 0 Å². The lowest BCUT2D eigenvalue weighted by molar-refractivity contribution is -0.384. The summed E-state index contributed by atoms with van der Waals surface area (Å²) in [5.74, 6) is 0.267. The fourth-order valence-electron chi connectivity index (χ4n) is 4.01. The van der Waals surface area contributed by atoms with Crippen LogP contribution in [0.2, 0.25) is 0 Å². The van der Waals surface area contributed by atoms with Gasteiger partial charge < -0.3 is 15.8 Å². The average Bonchev–Trinajstić information content (AvgIpc) is 2.93. The molecule has 3 N–H and O–H groups in total. The van der Waals surface area contributed by atoms with E-state index in [0.717, 1.165) is 11.8 Å². The number of hydrogen-bond donors (Lipinski definition) is 3. The van der Waals surface area contributed by atoms with Crippen molar-refractivity contribution in [1.82, 2.24) is 24.5 Å². The number of nitrogens with two attached hydrogens (primary N) is 1. The Morgan fingerprint density at radius 1 is 1.11 bits per heavy atom. The number of aromatic nitrogens is 5. The molecular formula is C25H20N8O4S. The van der Waals surface area contributed by atoms with Gasteiger partial charge in [0.25, 0.3) is 5.56 Å². The number of rotatable bonds is 7. The zero-order valence-electron chi connectivity index (χ0n) is 19.8. The SMILES string of the molecule is COc1cc(-c2cccc3nc(C(S)Nc4nc(N)ncc4[N+](=O)[O-])n(-c4ccccc4)c(=O)c23)ccn1. The number of anilines is 2. The van der Waals surface area contributed by atoms with E-state index in [1.165, 1.54) is 11.7 Å². The van der Waals surface area contributed by atoms with Crippen LogP contribution in [0.3, 0.4) is 0 Å². The molecule has 0 radical (unpaired) electrons. The van der Waals surface area contributed by atoms with Gasteiger partial charge >= 0.3 is 5.69 Å². The highest BCUT2D eigenvalue weighted by molar-refractivity contribution is 7.80. The molecule has 5 aromatic rings. The van der Waals surface area contributed by atoms with E-state index >= 15 is 0 Å². The number of nitro groups is 1. The molecule has 0 aliphatic carbocycles. The summed E-state index contributed by atoms with van der Waals surface area (Å²) in [6.07, 6.45) is 2.59. The lowest BCUT2D eigenvalue weighted by Gasteiger charge is -2.20. The third-order valence-electron chi connectivity index (χ3n) is 5.70. The largest absolute Gasteiger partial charge is 0.481 e. The van der Waals surface area contributed by atoms with Gasteiger partial charge in [0.05, 0.1) is 28.6 Å². The molecule has 0 fully saturated rings. The molecule has 190 valence electrons. The molecule has 5 rings (SSSR count). The molecule has 3 aromatic heterocycles. The smallest absolute Gasteiger partial charge is 0.329 e. The summed E-state index contributed by atoms with van der Waals surface area (Å²) in [6.45, 7) is 0. The van der Waals surface area contributed by atoms with Crippen molar-refractivity contribution >= 4 is 41.0 Å². The van der Waals surface area contributed by atoms with Gasteiger partial charge in [-0.25, -0.2) is 15.0 Å². The van der Waals surface area contributed by atoms with Gasteiger partial charge in [-0.05, 0) is 35.4 Å². The van der Waals surface area contributed by atoms with Crippen LogP contribution in [0.25, 0.3) is 27.7 Å². The summed E-state index contributed by atoms with van der Waals surface area (Å²) in [5.41, 5.74) is 7.19. The Morgan fingerprint density at radius 2 is 1.89 bits per heavy atom. The summed E-state index contributed by atoms with van der Waals surface area (Å²) in [4.78, 5) is 41.6. The molecule has 0 saturated heterocycles. The molecule has 1 unspecified atom stereocenters. The fourth-order valence-corrected chi connectivity index (χ4v) is 4.30. The Hall–Kier alpha value is -5.04. The molecule has 0 aliphatic heterocycles. The van der Waals surface area contributed by atoms with Gasteiger partial charge in [0.1, 0.15) is 17.4 Å². The molecule has 38 heavy (non-hydrogen) atoms. The van der Waals surface area contributed by atoms with Crippen LogP contribution in [0.1, 0.15) is 11.2 Å². The van der Waals surface area contributed by atoms with Crippen molar-refractivity contribution in [3.8, 4) is 22.7 Å². The fraction of sp³-hybridized carbons (Fsp3) is 0.0800. The number of fused-ring (bicyclic) bond motifs is 1. The minimum atomic E-state index is -0.995. The van der Waals surface area contributed by atoms with Crippen LogP contribution in [-0.4, -0.2) is 36.5 Å². The first kappa shape index (κ1) is 24.6. The molecule has 1 atom stereocenters.